The molecule has 0 aliphatic carbocycles. The third-order valence-electron chi connectivity index (χ3n) is 1.47. The monoisotopic (exact) mass is 280 g/mol. The second-order valence-electron chi connectivity index (χ2n) is 2.56. The average molecular weight is 281 g/mol. The summed E-state index contributed by atoms with van der Waals surface area (Å²) in [7, 11) is 0. The fourth-order valence-electron chi connectivity index (χ4n) is 0.596. The van der Waals surface area contributed by atoms with Crippen LogP contribution in [0.2, 0.25) is 0 Å². The van der Waals surface area contributed by atoms with Gasteiger partial charge in [0, 0.05) is 0 Å². The van der Waals surface area contributed by atoms with Crippen molar-refractivity contribution in [3.8, 4) is 12.1 Å². The number of nitrogens with zero attached hydrogens (tertiary/aromatic N) is 2. The highest BCUT2D eigenvalue weighted by Crippen LogP contribution is 2.51. The number of rotatable bonds is 2. The molecule has 0 unspecified atom stereocenters. The lowest BCUT2D eigenvalue weighted by atomic mass is 10.1. The molecule has 94 valence electrons. The molecule has 10 heteroatoms. The Kier molecular flexibility index (Phi) is 4.03. The lowest BCUT2D eigenvalue weighted by Gasteiger charge is -2.27. The molecule has 0 saturated heterocycles. The first-order valence-corrected chi connectivity index (χ1v) is 3.84. The Morgan fingerprint density at radius 2 is 1.24 bits per heavy atom. The van der Waals surface area contributed by atoms with Gasteiger partial charge in [-0.2, -0.15) is 41.3 Å². The van der Waals surface area contributed by atoms with Crippen LogP contribution in [-0.4, -0.2) is 18.0 Å². The Morgan fingerprint density at radius 3 is 1.47 bits per heavy atom. The van der Waals surface area contributed by atoms with Gasteiger partial charge in [0.2, 0.25) is 0 Å². The summed E-state index contributed by atoms with van der Waals surface area (Å²) >= 11 is 4.53. The SMILES string of the molecule is N#CC(C#N)=C(Cl)C(F)(F)C(F)(F)C(F)(F)F. The van der Waals surface area contributed by atoms with Crippen molar-refractivity contribution in [1.82, 2.24) is 0 Å². The fraction of sp³-hybridized carbons (Fsp3) is 0.429. The van der Waals surface area contributed by atoms with Gasteiger partial charge < -0.3 is 0 Å². The summed E-state index contributed by atoms with van der Waals surface area (Å²) in [5.41, 5.74) is -1.72. The molecule has 0 aromatic carbocycles. The molecular formula is C7ClF7N2. The number of allylic oxidation sites excluding steroid dienone is 2. The van der Waals surface area contributed by atoms with Gasteiger partial charge in [0.15, 0.2) is 0 Å². The first-order chi connectivity index (χ1) is 7.43. The molecular weight excluding hydrogens is 281 g/mol. The molecule has 0 radical (unpaired) electrons. The second kappa shape index (κ2) is 4.41. The standard InChI is InChI=1S/C7ClF7N2/c8-4(3(1-16)2-17)5(9,10)6(11,12)7(13,14)15. The van der Waals surface area contributed by atoms with E-state index >= 15 is 0 Å². The summed E-state index contributed by atoms with van der Waals surface area (Å²) in [5, 5.41) is 13.7. The normalized spacial score (nSPS) is 12.6. The van der Waals surface area contributed by atoms with Crippen LogP contribution in [0.15, 0.2) is 10.6 Å². The Hall–Kier alpha value is -1.48. The van der Waals surface area contributed by atoms with E-state index in [0.29, 0.717) is 12.1 Å². The zero-order valence-corrected chi connectivity index (χ0v) is 8.17. The number of hydrogen-bond donors (Lipinski definition) is 0. The highest BCUT2D eigenvalue weighted by molar-refractivity contribution is 6.31. The van der Waals surface area contributed by atoms with Gasteiger partial charge in [-0.1, -0.05) is 11.6 Å². The maximum absolute atomic E-state index is 12.8. The number of hydrogen-bond acceptors (Lipinski definition) is 2. The molecule has 0 amide bonds. The lowest BCUT2D eigenvalue weighted by Crippen LogP contribution is -2.52. The van der Waals surface area contributed by atoms with E-state index < -0.39 is 28.6 Å². The van der Waals surface area contributed by atoms with Crippen molar-refractivity contribution in [3.63, 3.8) is 0 Å². The van der Waals surface area contributed by atoms with E-state index in [1.54, 1.807) is 0 Å². The first kappa shape index (κ1) is 15.5. The minimum Gasteiger partial charge on any atom is -0.193 e. The summed E-state index contributed by atoms with van der Waals surface area (Å²) in [6.45, 7) is 0. The zero-order chi connectivity index (χ0) is 14.1. The first-order valence-electron chi connectivity index (χ1n) is 3.46. The maximum Gasteiger partial charge on any atom is 0.460 e. The predicted molar refractivity (Wildman–Crippen MR) is 40.1 cm³/mol. The highest BCUT2D eigenvalue weighted by Gasteiger charge is 2.74. The van der Waals surface area contributed by atoms with Gasteiger partial charge in [0.1, 0.15) is 22.7 Å². The van der Waals surface area contributed by atoms with Crippen LogP contribution in [0, 0.1) is 22.7 Å². The largest absolute Gasteiger partial charge is 0.460 e. The third-order valence-corrected chi connectivity index (χ3v) is 1.90. The van der Waals surface area contributed by atoms with E-state index in [0.717, 1.165) is 0 Å². The molecule has 0 spiro atoms. The van der Waals surface area contributed by atoms with Crippen molar-refractivity contribution < 1.29 is 30.7 Å². The van der Waals surface area contributed by atoms with E-state index in [-0.39, 0.29) is 0 Å². The predicted octanol–water partition coefficient (Wildman–Crippen LogP) is 3.36. The molecule has 0 aromatic rings. The molecule has 0 rings (SSSR count). The van der Waals surface area contributed by atoms with Crippen molar-refractivity contribution in [2.24, 2.45) is 0 Å². The van der Waals surface area contributed by atoms with Gasteiger partial charge in [-0.15, -0.1) is 0 Å². The van der Waals surface area contributed by atoms with Crippen LogP contribution in [0.25, 0.3) is 0 Å². The minimum absolute atomic E-state index is 0.687. The molecule has 0 heterocycles. The summed E-state index contributed by atoms with van der Waals surface area (Å²) in [4.78, 5) is 0. The molecule has 0 aliphatic heterocycles. The minimum atomic E-state index is -6.58. The second-order valence-corrected chi connectivity index (χ2v) is 2.94. The number of alkyl halides is 7. The third kappa shape index (κ3) is 2.44. The zero-order valence-electron chi connectivity index (χ0n) is 7.42. The molecule has 0 saturated carbocycles. The molecule has 0 atom stereocenters. The van der Waals surface area contributed by atoms with Gasteiger partial charge in [0.05, 0.1) is 0 Å². The average Bonchev–Trinajstić information content (AvgIpc) is 2.17. The summed E-state index contributed by atoms with van der Waals surface area (Å²) in [6, 6.07) is 1.37. The Morgan fingerprint density at radius 1 is 0.882 bits per heavy atom. The van der Waals surface area contributed by atoms with Crippen molar-refractivity contribution in [2.45, 2.75) is 18.0 Å². The topological polar surface area (TPSA) is 47.6 Å². The molecule has 17 heavy (non-hydrogen) atoms. The number of halogens is 8. The molecule has 0 fully saturated rings. The quantitative estimate of drug-likeness (QED) is 0.575. The lowest BCUT2D eigenvalue weighted by molar-refractivity contribution is -0.343. The Bertz CT molecular complexity index is 407. The summed E-state index contributed by atoms with van der Waals surface area (Å²) in [5.74, 6) is -12.4. The van der Waals surface area contributed by atoms with Gasteiger partial charge >= 0.3 is 18.0 Å². The molecule has 0 aromatic heterocycles. The van der Waals surface area contributed by atoms with Gasteiger partial charge in [-0.05, 0) is 0 Å². The van der Waals surface area contributed by atoms with Crippen LogP contribution in [0.5, 0.6) is 0 Å². The molecule has 0 bridgehead atoms. The number of nitriles is 2. The van der Waals surface area contributed by atoms with Crippen molar-refractivity contribution >= 4 is 11.6 Å². The van der Waals surface area contributed by atoms with Crippen LogP contribution in [-0.2, 0) is 0 Å². The Balaban J connectivity index is 5.86. The smallest absolute Gasteiger partial charge is 0.193 e. The Labute approximate surface area is 94.5 Å². The van der Waals surface area contributed by atoms with Gasteiger partial charge in [0.25, 0.3) is 0 Å². The highest BCUT2D eigenvalue weighted by atomic mass is 35.5. The van der Waals surface area contributed by atoms with Gasteiger partial charge in [-0.25, -0.2) is 0 Å². The van der Waals surface area contributed by atoms with Crippen LogP contribution < -0.4 is 0 Å². The molecule has 0 aliphatic rings. The van der Waals surface area contributed by atoms with E-state index in [4.69, 9.17) is 10.5 Å². The maximum atomic E-state index is 12.8. The molecule has 2 nitrogen and oxygen atoms in total. The summed E-state index contributed by atoms with van der Waals surface area (Å²) < 4.78 is 85.3. The van der Waals surface area contributed by atoms with E-state index in [2.05, 4.69) is 11.6 Å². The van der Waals surface area contributed by atoms with Crippen LogP contribution >= 0.6 is 11.6 Å². The van der Waals surface area contributed by atoms with Crippen molar-refractivity contribution in [1.29, 1.82) is 10.5 Å². The van der Waals surface area contributed by atoms with E-state index in [1.807, 2.05) is 0 Å². The van der Waals surface area contributed by atoms with Crippen LogP contribution in [0.1, 0.15) is 0 Å². The van der Waals surface area contributed by atoms with Crippen LogP contribution in [0.4, 0.5) is 30.7 Å². The van der Waals surface area contributed by atoms with Crippen molar-refractivity contribution in [2.75, 3.05) is 0 Å². The summed E-state index contributed by atoms with van der Waals surface area (Å²) in [6.07, 6.45) is -6.58. The fourth-order valence-corrected chi connectivity index (χ4v) is 0.799. The van der Waals surface area contributed by atoms with E-state index in [1.165, 1.54) is 0 Å². The van der Waals surface area contributed by atoms with Crippen molar-refractivity contribution in [3.05, 3.63) is 10.6 Å². The molecule has 0 N–H and O–H groups in total. The van der Waals surface area contributed by atoms with E-state index in [9.17, 15) is 30.7 Å². The van der Waals surface area contributed by atoms with Gasteiger partial charge in [-0.3, -0.25) is 0 Å². The van der Waals surface area contributed by atoms with Crippen LogP contribution in [0.3, 0.4) is 0 Å².